The lowest BCUT2D eigenvalue weighted by molar-refractivity contribution is -0.167. The topological polar surface area (TPSA) is 78.9 Å². The number of unbranched alkanes of at least 4 members (excludes halogenated alkanes) is 26. The van der Waals surface area contributed by atoms with Crippen molar-refractivity contribution >= 4 is 17.9 Å². The maximum atomic E-state index is 12.8. The maximum Gasteiger partial charge on any atom is 0.306 e. The molecule has 0 aliphatic heterocycles. The summed E-state index contributed by atoms with van der Waals surface area (Å²) >= 11 is 0. The van der Waals surface area contributed by atoms with E-state index in [1.807, 2.05) is 0 Å². The molecule has 0 aliphatic rings. The second kappa shape index (κ2) is 58.9. The summed E-state index contributed by atoms with van der Waals surface area (Å²) in [6, 6.07) is 0. The van der Waals surface area contributed by atoms with Crippen LogP contribution in [0.3, 0.4) is 0 Å². The van der Waals surface area contributed by atoms with E-state index in [0.29, 0.717) is 19.3 Å². The summed E-state index contributed by atoms with van der Waals surface area (Å²) in [5, 5.41) is 0. The van der Waals surface area contributed by atoms with Crippen molar-refractivity contribution in [3.05, 3.63) is 97.2 Å². The molecule has 0 heterocycles. The van der Waals surface area contributed by atoms with Gasteiger partial charge in [0.2, 0.25) is 0 Å². The lowest BCUT2D eigenvalue weighted by Crippen LogP contribution is -2.30. The first-order valence-corrected chi connectivity index (χ1v) is 29.7. The molecule has 0 aromatic heterocycles. The van der Waals surface area contributed by atoms with Gasteiger partial charge in [0.1, 0.15) is 13.2 Å². The highest BCUT2D eigenvalue weighted by atomic mass is 16.6. The third kappa shape index (κ3) is 57.1. The summed E-state index contributed by atoms with van der Waals surface area (Å²) in [4.78, 5) is 38.2. The highest BCUT2D eigenvalue weighted by molar-refractivity contribution is 5.71. The Morgan fingerprint density at radius 2 is 0.563 bits per heavy atom. The van der Waals surface area contributed by atoms with E-state index in [-0.39, 0.29) is 37.5 Å². The van der Waals surface area contributed by atoms with E-state index in [4.69, 9.17) is 14.2 Å². The summed E-state index contributed by atoms with van der Waals surface area (Å²) in [6.45, 7) is 6.45. The van der Waals surface area contributed by atoms with Crippen LogP contribution in [-0.2, 0) is 28.6 Å². The van der Waals surface area contributed by atoms with Gasteiger partial charge >= 0.3 is 17.9 Å². The van der Waals surface area contributed by atoms with Crippen molar-refractivity contribution in [3.8, 4) is 0 Å². The molecular formula is C65H110O6. The standard InChI is InChI=1S/C65H110O6/c1-4-7-10-13-16-19-22-25-28-30-31-32-33-35-37-40-43-46-49-52-55-58-64(67)70-61-62(60-69-63(66)57-54-51-48-45-42-39-36-27-24-21-18-15-12-9-6-3)71-65(68)59-56-53-50-47-44-41-38-34-29-26-23-20-17-14-11-8-5-2/h8,11,17-18,20-21,25-29,36,38,41,47,50,62H,4-7,9-10,12-16,19,22-24,30-35,37,39-40,42-46,48-49,51-61H2,1-3H3/b11-8-,20-17-,21-18-,28-25-,29-26-,36-27-,41-38-,50-47-/t62-/m1/s1. The zero-order valence-corrected chi connectivity index (χ0v) is 46.5. The molecular weight excluding hydrogens is 877 g/mol. The number of hydrogen-bond donors (Lipinski definition) is 0. The number of hydrogen-bond acceptors (Lipinski definition) is 6. The average molecular weight is 988 g/mol. The van der Waals surface area contributed by atoms with Crippen molar-refractivity contribution in [1.82, 2.24) is 0 Å². The number of carbonyl (C=O) groups excluding carboxylic acids is 3. The maximum absolute atomic E-state index is 12.8. The Bertz CT molecular complexity index is 1410. The van der Waals surface area contributed by atoms with Gasteiger partial charge in [-0.3, -0.25) is 14.4 Å². The third-order valence-electron chi connectivity index (χ3n) is 12.5. The number of esters is 3. The van der Waals surface area contributed by atoms with Crippen LogP contribution in [-0.4, -0.2) is 37.2 Å². The molecule has 0 unspecified atom stereocenters. The molecule has 0 aromatic rings. The Balaban J connectivity index is 4.45. The van der Waals surface area contributed by atoms with E-state index in [9.17, 15) is 14.4 Å². The normalized spacial score (nSPS) is 12.8. The first-order valence-electron chi connectivity index (χ1n) is 29.7. The number of carbonyl (C=O) groups is 3. The van der Waals surface area contributed by atoms with Gasteiger partial charge in [-0.2, -0.15) is 0 Å². The predicted molar refractivity (Wildman–Crippen MR) is 307 cm³/mol. The largest absolute Gasteiger partial charge is 0.462 e. The summed E-state index contributed by atoms with van der Waals surface area (Å²) in [5.74, 6) is -0.974. The van der Waals surface area contributed by atoms with Crippen LogP contribution in [0.5, 0.6) is 0 Å². The number of rotatable bonds is 53. The lowest BCUT2D eigenvalue weighted by atomic mass is 10.0. The molecule has 0 aromatic carbocycles. The molecule has 6 nitrogen and oxygen atoms in total. The molecule has 406 valence electrons. The summed E-state index contributed by atoms with van der Waals surface area (Å²) in [5.41, 5.74) is 0. The SMILES string of the molecule is CC/C=C\C/C=C\C/C=C\C/C=C\C/C=C\CCCC(=O)O[C@H](COC(=O)CCCCCCC/C=C\C/C=C\CCCCC)COC(=O)CCCCCCCCCCCCC/C=C\CCCCCCCC. The quantitative estimate of drug-likeness (QED) is 0.0261. The van der Waals surface area contributed by atoms with Crippen LogP contribution in [0.15, 0.2) is 97.2 Å². The van der Waals surface area contributed by atoms with Crippen LogP contribution in [0.25, 0.3) is 0 Å². The molecule has 0 bridgehead atoms. The summed E-state index contributed by atoms with van der Waals surface area (Å²) in [7, 11) is 0. The minimum atomic E-state index is -0.815. The summed E-state index contributed by atoms with van der Waals surface area (Å²) < 4.78 is 16.8. The van der Waals surface area contributed by atoms with Gasteiger partial charge in [0, 0.05) is 19.3 Å². The van der Waals surface area contributed by atoms with Gasteiger partial charge in [-0.05, 0) is 116 Å². The van der Waals surface area contributed by atoms with E-state index in [1.165, 1.54) is 128 Å². The molecule has 0 radical (unpaired) electrons. The Morgan fingerprint density at radius 1 is 0.296 bits per heavy atom. The molecule has 0 spiro atoms. The first kappa shape index (κ1) is 67.3. The van der Waals surface area contributed by atoms with Crippen molar-refractivity contribution in [2.75, 3.05) is 13.2 Å². The minimum Gasteiger partial charge on any atom is -0.462 e. The molecule has 0 saturated carbocycles. The van der Waals surface area contributed by atoms with Gasteiger partial charge in [0.15, 0.2) is 6.10 Å². The van der Waals surface area contributed by atoms with E-state index < -0.39 is 6.10 Å². The van der Waals surface area contributed by atoms with Crippen LogP contribution in [0.2, 0.25) is 0 Å². The first-order chi connectivity index (χ1) is 35.0. The summed E-state index contributed by atoms with van der Waals surface area (Å²) in [6.07, 6.45) is 78.4. The molecule has 0 aliphatic carbocycles. The Hall–Kier alpha value is -3.67. The minimum absolute atomic E-state index is 0.105. The molecule has 6 heteroatoms. The van der Waals surface area contributed by atoms with Gasteiger partial charge in [0.05, 0.1) is 0 Å². The van der Waals surface area contributed by atoms with Crippen molar-refractivity contribution in [2.24, 2.45) is 0 Å². The van der Waals surface area contributed by atoms with Crippen molar-refractivity contribution < 1.29 is 28.6 Å². The van der Waals surface area contributed by atoms with Gasteiger partial charge in [-0.1, -0.05) is 240 Å². The predicted octanol–water partition coefficient (Wildman–Crippen LogP) is 20.1. The Morgan fingerprint density at radius 3 is 0.944 bits per heavy atom. The second-order valence-corrected chi connectivity index (χ2v) is 19.5. The van der Waals surface area contributed by atoms with E-state index in [2.05, 4.69) is 118 Å². The van der Waals surface area contributed by atoms with Gasteiger partial charge in [-0.15, -0.1) is 0 Å². The molecule has 0 saturated heterocycles. The molecule has 0 N–H and O–H groups in total. The van der Waals surface area contributed by atoms with Crippen LogP contribution < -0.4 is 0 Å². The number of allylic oxidation sites excluding steroid dienone is 16. The molecule has 1 atom stereocenters. The molecule has 71 heavy (non-hydrogen) atoms. The lowest BCUT2D eigenvalue weighted by Gasteiger charge is -2.18. The van der Waals surface area contributed by atoms with Gasteiger partial charge < -0.3 is 14.2 Å². The van der Waals surface area contributed by atoms with E-state index >= 15 is 0 Å². The van der Waals surface area contributed by atoms with Gasteiger partial charge in [0.25, 0.3) is 0 Å². The smallest absolute Gasteiger partial charge is 0.306 e. The monoisotopic (exact) mass is 987 g/mol. The zero-order chi connectivity index (χ0) is 51.4. The fourth-order valence-corrected chi connectivity index (χ4v) is 8.09. The average Bonchev–Trinajstić information content (AvgIpc) is 3.37. The Kier molecular flexibility index (Phi) is 55.9. The van der Waals surface area contributed by atoms with Crippen LogP contribution >= 0.6 is 0 Å². The van der Waals surface area contributed by atoms with Crippen molar-refractivity contribution in [2.45, 2.75) is 284 Å². The zero-order valence-electron chi connectivity index (χ0n) is 46.5. The fraction of sp³-hybridized carbons (Fsp3) is 0.708. The van der Waals surface area contributed by atoms with Crippen LogP contribution in [0.4, 0.5) is 0 Å². The second-order valence-electron chi connectivity index (χ2n) is 19.5. The van der Waals surface area contributed by atoms with E-state index in [1.54, 1.807) is 0 Å². The molecule has 0 fully saturated rings. The third-order valence-corrected chi connectivity index (χ3v) is 12.5. The number of ether oxygens (including phenoxy) is 3. The van der Waals surface area contributed by atoms with Gasteiger partial charge in [-0.25, -0.2) is 0 Å². The van der Waals surface area contributed by atoms with Crippen molar-refractivity contribution in [1.29, 1.82) is 0 Å². The Labute approximate surface area is 438 Å². The fourth-order valence-electron chi connectivity index (χ4n) is 8.09. The van der Waals surface area contributed by atoms with Crippen LogP contribution in [0, 0.1) is 0 Å². The molecule has 0 rings (SSSR count). The highest BCUT2D eigenvalue weighted by Crippen LogP contribution is 2.15. The molecule has 0 amide bonds. The highest BCUT2D eigenvalue weighted by Gasteiger charge is 2.19. The van der Waals surface area contributed by atoms with Crippen molar-refractivity contribution in [3.63, 3.8) is 0 Å². The van der Waals surface area contributed by atoms with E-state index in [0.717, 1.165) is 103 Å². The van der Waals surface area contributed by atoms with Crippen LogP contribution in [0.1, 0.15) is 278 Å².